The molecule has 1 aliphatic carbocycles. The van der Waals surface area contributed by atoms with Crippen molar-refractivity contribution in [2.75, 3.05) is 25.4 Å². The first-order valence-corrected chi connectivity index (χ1v) is 12.9. The molecule has 0 aromatic heterocycles. The number of likely N-dealkylation sites (tertiary alicyclic amines) is 1. The molecule has 3 aliphatic rings. The molecule has 166 valence electrons. The zero-order chi connectivity index (χ0) is 21.1. The smallest absolute Gasteiger partial charge is 0.232 e. The summed E-state index contributed by atoms with van der Waals surface area (Å²) in [6, 6.07) is 6.24. The number of fused-ring (bicyclic) bond motifs is 1. The van der Waals surface area contributed by atoms with E-state index in [4.69, 9.17) is 9.47 Å². The minimum absolute atomic E-state index is 0.0484. The van der Waals surface area contributed by atoms with E-state index in [0.717, 1.165) is 43.9 Å². The topological polar surface area (TPSA) is 38.8 Å². The standard InChI is InChI=1S/C25H37NO3S/c1-4-28-20-8-9-22-21(13-20)23(14-25(29-22)10-6-5-7-11-25)30-17-24(27)26-15-18(2)12-19(3)16-26/h8-9,13,18-19,23H,4-7,10-12,14-17H2,1-3H3/t18-,19+,23-/m1/s1. The van der Waals surface area contributed by atoms with Gasteiger partial charge in [0.25, 0.3) is 0 Å². The van der Waals surface area contributed by atoms with Crippen LogP contribution in [0.5, 0.6) is 11.5 Å². The molecule has 0 N–H and O–H groups in total. The van der Waals surface area contributed by atoms with Gasteiger partial charge in [-0.1, -0.05) is 20.3 Å². The first-order chi connectivity index (χ1) is 14.5. The number of nitrogens with zero attached hydrogens (tertiary/aromatic N) is 1. The Morgan fingerprint density at radius 2 is 1.93 bits per heavy atom. The van der Waals surface area contributed by atoms with Crippen LogP contribution in [0.15, 0.2) is 18.2 Å². The minimum atomic E-state index is -0.0484. The molecule has 30 heavy (non-hydrogen) atoms. The summed E-state index contributed by atoms with van der Waals surface area (Å²) >= 11 is 1.81. The summed E-state index contributed by atoms with van der Waals surface area (Å²) in [6.07, 6.45) is 8.28. The minimum Gasteiger partial charge on any atom is -0.494 e. The fourth-order valence-corrected chi connectivity index (χ4v) is 6.94. The van der Waals surface area contributed by atoms with Gasteiger partial charge in [-0.05, 0) is 69.1 Å². The maximum absolute atomic E-state index is 13.0. The summed E-state index contributed by atoms with van der Waals surface area (Å²) in [6.45, 7) is 9.02. The second kappa shape index (κ2) is 9.42. The monoisotopic (exact) mass is 431 g/mol. The third-order valence-corrected chi connectivity index (χ3v) is 8.15. The van der Waals surface area contributed by atoms with E-state index >= 15 is 0 Å². The average molecular weight is 432 g/mol. The second-order valence-electron chi connectivity index (χ2n) is 9.73. The van der Waals surface area contributed by atoms with Gasteiger partial charge >= 0.3 is 0 Å². The van der Waals surface area contributed by atoms with Gasteiger partial charge < -0.3 is 14.4 Å². The van der Waals surface area contributed by atoms with Crippen LogP contribution in [-0.4, -0.2) is 41.9 Å². The van der Waals surface area contributed by atoms with E-state index in [-0.39, 0.29) is 10.9 Å². The van der Waals surface area contributed by atoms with E-state index in [0.29, 0.717) is 30.1 Å². The molecule has 0 bridgehead atoms. The summed E-state index contributed by atoms with van der Waals surface area (Å²) in [5, 5.41) is 0.288. The fourth-order valence-electron chi connectivity index (χ4n) is 5.63. The van der Waals surface area contributed by atoms with Crippen molar-refractivity contribution in [3.8, 4) is 11.5 Å². The van der Waals surface area contributed by atoms with Gasteiger partial charge in [0.15, 0.2) is 0 Å². The first-order valence-electron chi connectivity index (χ1n) is 11.8. The molecule has 1 spiro atoms. The van der Waals surface area contributed by atoms with E-state index in [1.807, 2.05) is 24.8 Å². The van der Waals surface area contributed by atoms with Crippen molar-refractivity contribution in [3.05, 3.63) is 23.8 Å². The Bertz CT molecular complexity index is 736. The maximum atomic E-state index is 13.0. The van der Waals surface area contributed by atoms with E-state index in [1.54, 1.807) is 0 Å². The third kappa shape index (κ3) is 4.92. The van der Waals surface area contributed by atoms with E-state index in [9.17, 15) is 4.79 Å². The van der Waals surface area contributed by atoms with Gasteiger partial charge in [0.2, 0.25) is 5.91 Å². The zero-order valence-corrected chi connectivity index (χ0v) is 19.6. The van der Waals surface area contributed by atoms with Gasteiger partial charge in [-0.15, -0.1) is 11.8 Å². The van der Waals surface area contributed by atoms with Crippen LogP contribution in [0.4, 0.5) is 0 Å². The van der Waals surface area contributed by atoms with Crippen LogP contribution in [0, 0.1) is 11.8 Å². The molecule has 0 radical (unpaired) electrons. The van der Waals surface area contributed by atoms with Crippen molar-refractivity contribution in [1.29, 1.82) is 0 Å². The van der Waals surface area contributed by atoms with Crippen LogP contribution < -0.4 is 9.47 Å². The van der Waals surface area contributed by atoms with Crippen LogP contribution in [0.25, 0.3) is 0 Å². The molecule has 2 fully saturated rings. The Morgan fingerprint density at radius 3 is 2.63 bits per heavy atom. The second-order valence-corrected chi connectivity index (χ2v) is 10.9. The molecule has 1 aromatic carbocycles. The summed E-state index contributed by atoms with van der Waals surface area (Å²) < 4.78 is 12.4. The third-order valence-electron chi connectivity index (χ3n) is 6.92. The van der Waals surface area contributed by atoms with Gasteiger partial charge in [0, 0.05) is 30.3 Å². The predicted molar refractivity (Wildman–Crippen MR) is 123 cm³/mol. The lowest BCUT2D eigenvalue weighted by Crippen LogP contribution is -2.44. The Kier molecular flexibility index (Phi) is 6.86. The number of carbonyl (C=O) groups excluding carboxylic acids is 1. The van der Waals surface area contributed by atoms with Crippen LogP contribution >= 0.6 is 11.8 Å². The number of rotatable bonds is 5. The van der Waals surface area contributed by atoms with Crippen molar-refractivity contribution in [1.82, 2.24) is 4.90 Å². The lowest BCUT2D eigenvalue weighted by atomic mass is 9.78. The van der Waals surface area contributed by atoms with Crippen LogP contribution in [0.1, 0.15) is 76.5 Å². The summed E-state index contributed by atoms with van der Waals surface area (Å²) in [5.41, 5.74) is 1.16. The molecule has 0 unspecified atom stereocenters. The largest absolute Gasteiger partial charge is 0.494 e. The Balaban J connectivity index is 1.50. The highest BCUT2D eigenvalue weighted by Crippen LogP contribution is 2.51. The number of benzene rings is 1. The highest BCUT2D eigenvalue weighted by atomic mass is 32.2. The molecular weight excluding hydrogens is 394 g/mol. The molecule has 1 saturated carbocycles. The average Bonchev–Trinajstić information content (AvgIpc) is 2.72. The van der Waals surface area contributed by atoms with Crippen LogP contribution in [-0.2, 0) is 4.79 Å². The number of hydrogen-bond acceptors (Lipinski definition) is 4. The maximum Gasteiger partial charge on any atom is 0.232 e. The SMILES string of the molecule is CCOc1ccc2c(c1)[C@H](SCC(=O)N1C[C@H](C)C[C@H](C)C1)CC1(CCCCC1)O2. The first kappa shape index (κ1) is 21.9. The molecule has 1 amide bonds. The van der Waals surface area contributed by atoms with Gasteiger partial charge in [0.1, 0.15) is 17.1 Å². The molecule has 5 heteroatoms. The lowest BCUT2D eigenvalue weighted by molar-refractivity contribution is -0.131. The van der Waals surface area contributed by atoms with E-state index in [2.05, 4.69) is 30.9 Å². The molecule has 2 aliphatic heterocycles. The van der Waals surface area contributed by atoms with Crippen molar-refractivity contribution in [2.45, 2.75) is 76.6 Å². The highest BCUT2D eigenvalue weighted by molar-refractivity contribution is 8.00. The number of ether oxygens (including phenoxy) is 2. The fraction of sp³-hybridized carbons (Fsp3) is 0.720. The van der Waals surface area contributed by atoms with Gasteiger partial charge in [0.05, 0.1) is 12.4 Å². The number of carbonyl (C=O) groups is 1. The molecule has 4 rings (SSSR count). The molecule has 3 atom stereocenters. The van der Waals surface area contributed by atoms with E-state index < -0.39 is 0 Å². The van der Waals surface area contributed by atoms with Gasteiger partial charge in [-0.2, -0.15) is 0 Å². The number of piperidine rings is 1. The molecule has 2 heterocycles. The van der Waals surface area contributed by atoms with Crippen LogP contribution in [0.3, 0.4) is 0 Å². The highest BCUT2D eigenvalue weighted by Gasteiger charge is 2.42. The van der Waals surface area contributed by atoms with E-state index in [1.165, 1.54) is 31.2 Å². The quantitative estimate of drug-likeness (QED) is 0.586. The lowest BCUT2D eigenvalue weighted by Gasteiger charge is -2.44. The normalized spacial score (nSPS) is 28.0. The Hall–Kier alpha value is -1.36. The molecule has 1 aromatic rings. The predicted octanol–water partition coefficient (Wildman–Crippen LogP) is 5.85. The van der Waals surface area contributed by atoms with Gasteiger partial charge in [-0.3, -0.25) is 4.79 Å². The summed E-state index contributed by atoms with van der Waals surface area (Å²) in [5.74, 6) is 3.95. The number of hydrogen-bond donors (Lipinski definition) is 0. The molecule has 1 saturated heterocycles. The number of thioether (sulfide) groups is 1. The van der Waals surface area contributed by atoms with Crippen molar-refractivity contribution >= 4 is 17.7 Å². The van der Waals surface area contributed by atoms with Crippen molar-refractivity contribution < 1.29 is 14.3 Å². The van der Waals surface area contributed by atoms with Crippen molar-refractivity contribution in [2.24, 2.45) is 11.8 Å². The molecule has 4 nitrogen and oxygen atoms in total. The molecular formula is C25H37NO3S. The van der Waals surface area contributed by atoms with Crippen LogP contribution in [0.2, 0.25) is 0 Å². The van der Waals surface area contributed by atoms with Gasteiger partial charge in [-0.25, -0.2) is 0 Å². The number of amides is 1. The summed E-state index contributed by atoms with van der Waals surface area (Å²) in [4.78, 5) is 15.1. The Labute approximate surface area is 186 Å². The summed E-state index contributed by atoms with van der Waals surface area (Å²) in [7, 11) is 0. The Morgan fingerprint density at radius 1 is 1.20 bits per heavy atom. The zero-order valence-electron chi connectivity index (χ0n) is 18.8. The van der Waals surface area contributed by atoms with Crippen molar-refractivity contribution in [3.63, 3.8) is 0 Å².